The minimum absolute atomic E-state index is 0.486. The molecule has 1 N–H and O–H groups in total. The van der Waals surface area contributed by atoms with Gasteiger partial charge >= 0.3 is 0 Å². The number of nitrogens with zero attached hydrogens (tertiary/aromatic N) is 1. The van der Waals surface area contributed by atoms with E-state index in [-0.39, 0.29) is 0 Å². The Morgan fingerprint density at radius 3 is 2.79 bits per heavy atom. The minimum atomic E-state index is 0.486. The van der Waals surface area contributed by atoms with Crippen molar-refractivity contribution in [2.45, 2.75) is 6.42 Å². The molecule has 1 fully saturated rings. The summed E-state index contributed by atoms with van der Waals surface area (Å²) in [6.07, 6.45) is 0.951. The Morgan fingerprint density at radius 2 is 2.14 bits per heavy atom. The van der Waals surface area contributed by atoms with E-state index in [4.69, 9.17) is 16.0 Å². The molecule has 0 unspecified atom stereocenters. The van der Waals surface area contributed by atoms with Crippen LogP contribution >= 0.6 is 11.6 Å². The highest BCUT2D eigenvalue weighted by atomic mass is 35.5. The Labute approximate surface area is 89.0 Å². The maximum atomic E-state index is 5.69. The summed E-state index contributed by atoms with van der Waals surface area (Å²) in [5, 5.41) is 3.82. The van der Waals surface area contributed by atoms with Gasteiger partial charge in [0.1, 0.15) is 5.76 Å². The highest BCUT2D eigenvalue weighted by Gasteiger charge is 2.09. The number of nitrogens with one attached hydrogen (secondary N) is 1. The van der Waals surface area contributed by atoms with Gasteiger partial charge in [0, 0.05) is 39.1 Å². The van der Waals surface area contributed by atoms with E-state index >= 15 is 0 Å². The number of halogens is 1. The molecule has 2 rings (SSSR count). The zero-order valence-electron chi connectivity index (χ0n) is 8.13. The van der Waals surface area contributed by atoms with E-state index in [1.165, 1.54) is 0 Å². The van der Waals surface area contributed by atoms with Gasteiger partial charge in [-0.1, -0.05) is 0 Å². The minimum Gasteiger partial charge on any atom is -0.450 e. The number of rotatable bonds is 3. The van der Waals surface area contributed by atoms with Gasteiger partial charge in [-0.25, -0.2) is 0 Å². The smallest absolute Gasteiger partial charge is 0.193 e. The first kappa shape index (κ1) is 10.0. The summed E-state index contributed by atoms with van der Waals surface area (Å²) in [4.78, 5) is 2.44. The van der Waals surface area contributed by atoms with E-state index in [9.17, 15) is 0 Å². The monoisotopic (exact) mass is 214 g/mol. The largest absolute Gasteiger partial charge is 0.450 e. The molecule has 0 aliphatic carbocycles. The number of piperazine rings is 1. The molecule has 1 saturated heterocycles. The van der Waals surface area contributed by atoms with Crippen LogP contribution in [-0.2, 0) is 6.42 Å². The second-order valence-electron chi connectivity index (χ2n) is 3.55. The van der Waals surface area contributed by atoms with E-state index < -0.39 is 0 Å². The maximum absolute atomic E-state index is 5.69. The van der Waals surface area contributed by atoms with Crippen LogP contribution in [0, 0.1) is 0 Å². The number of hydrogen-bond acceptors (Lipinski definition) is 3. The van der Waals surface area contributed by atoms with Gasteiger partial charge < -0.3 is 14.6 Å². The lowest BCUT2D eigenvalue weighted by Crippen LogP contribution is -2.44. The summed E-state index contributed by atoms with van der Waals surface area (Å²) in [7, 11) is 0. The Balaban J connectivity index is 1.76. The molecule has 0 atom stereocenters. The third kappa shape index (κ3) is 2.74. The Bertz CT molecular complexity index is 281. The van der Waals surface area contributed by atoms with Crippen molar-refractivity contribution in [3.8, 4) is 0 Å². The molecule has 2 heterocycles. The third-order valence-electron chi connectivity index (χ3n) is 2.51. The fourth-order valence-corrected chi connectivity index (χ4v) is 1.85. The van der Waals surface area contributed by atoms with Crippen molar-refractivity contribution in [2.75, 3.05) is 32.7 Å². The molecule has 0 saturated carbocycles. The molecule has 14 heavy (non-hydrogen) atoms. The van der Waals surface area contributed by atoms with Crippen LogP contribution in [0.1, 0.15) is 5.76 Å². The van der Waals surface area contributed by atoms with Crippen LogP contribution in [-0.4, -0.2) is 37.6 Å². The SMILES string of the molecule is Clc1ccc(CCN2CCNCC2)o1. The van der Waals surface area contributed by atoms with E-state index in [0.717, 1.165) is 44.9 Å². The van der Waals surface area contributed by atoms with Crippen molar-refractivity contribution in [1.29, 1.82) is 0 Å². The van der Waals surface area contributed by atoms with Crippen molar-refractivity contribution in [3.63, 3.8) is 0 Å². The molecule has 78 valence electrons. The molecule has 1 aliphatic heterocycles. The van der Waals surface area contributed by atoms with Gasteiger partial charge in [-0.15, -0.1) is 0 Å². The molecule has 0 spiro atoms. The van der Waals surface area contributed by atoms with Crippen LogP contribution in [0.3, 0.4) is 0 Å². The van der Waals surface area contributed by atoms with Crippen LogP contribution in [0.15, 0.2) is 16.5 Å². The predicted octanol–water partition coefficient (Wildman–Crippen LogP) is 1.38. The van der Waals surface area contributed by atoms with Gasteiger partial charge in [-0.05, 0) is 23.7 Å². The second-order valence-corrected chi connectivity index (χ2v) is 3.92. The second kappa shape index (κ2) is 4.82. The summed E-state index contributed by atoms with van der Waals surface area (Å²) >= 11 is 5.69. The summed E-state index contributed by atoms with van der Waals surface area (Å²) in [6, 6.07) is 3.75. The van der Waals surface area contributed by atoms with Gasteiger partial charge in [-0.2, -0.15) is 0 Å². The molecule has 4 heteroatoms. The zero-order valence-corrected chi connectivity index (χ0v) is 8.89. The first-order valence-electron chi connectivity index (χ1n) is 5.02. The van der Waals surface area contributed by atoms with Crippen LogP contribution in [0.4, 0.5) is 0 Å². The first-order chi connectivity index (χ1) is 6.84. The fraction of sp³-hybridized carbons (Fsp3) is 0.600. The van der Waals surface area contributed by atoms with Gasteiger partial charge in [0.15, 0.2) is 5.22 Å². The summed E-state index contributed by atoms with van der Waals surface area (Å²) in [5.74, 6) is 0.980. The lowest BCUT2D eigenvalue weighted by Gasteiger charge is -2.26. The molecule has 1 aromatic rings. The molecule has 3 nitrogen and oxygen atoms in total. The highest BCUT2D eigenvalue weighted by Crippen LogP contribution is 2.13. The average Bonchev–Trinajstić information content (AvgIpc) is 2.63. The van der Waals surface area contributed by atoms with Crippen molar-refractivity contribution in [2.24, 2.45) is 0 Å². The number of furan rings is 1. The van der Waals surface area contributed by atoms with Gasteiger partial charge in [-0.3, -0.25) is 0 Å². The molecule has 1 aromatic heterocycles. The van der Waals surface area contributed by atoms with E-state index in [1.54, 1.807) is 6.07 Å². The van der Waals surface area contributed by atoms with Gasteiger partial charge in [0.2, 0.25) is 0 Å². The molecule has 0 aromatic carbocycles. The normalized spacial score (nSPS) is 18.6. The van der Waals surface area contributed by atoms with Crippen LogP contribution in [0.5, 0.6) is 0 Å². The summed E-state index contributed by atoms with van der Waals surface area (Å²) in [6.45, 7) is 5.52. The quantitative estimate of drug-likeness (QED) is 0.824. The van der Waals surface area contributed by atoms with Crippen molar-refractivity contribution >= 4 is 11.6 Å². The van der Waals surface area contributed by atoms with Crippen LogP contribution < -0.4 is 5.32 Å². The molecule has 0 radical (unpaired) electrons. The molecule has 0 amide bonds. The Hall–Kier alpha value is -0.510. The first-order valence-corrected chi connectivity index (χ1v) is 5.40. The standard InChI is InChI=1S/C10H15ClN2O/c11-10-2-1-9(14-10)3-6-13-7-4-12-5-8-13/h1-2,12H,3-8H2. The molecule has 1 aliphatic rings. The highest BCUT2D eigenvalue weighted by molar-refractivity contribution is 6.28. The third-order valence-corrected chi connectivity index (χ3v) is 2.72. The molecular formula is C10H15ClN2O. The fourth-order valence-electron chi connectivity index (χ4n) is 1.69. The maximum Gasteiger partial charge on any atom is 0.193 e. The molecule has 0 bridgehead atoms. The van der Waals surface area contributed by atoms with E-state index in [1.807, 2.05) is 6.07 Å². The predicted molar refractivity (Wildman–Crippen MR) is 56.7 cm³/mol. The summed E-state index contributed by atoms with van der Waals surface area (Å²) < 4.78 is 5.30. The van der Waals surface area contributed by atoms with Crippen LogP contribution in [0.2, 0.25) is 5.22 Å². The van der Waals surface area contributed by atoms with Gasteiger partial charge in [0.25, 0.3) is 0 Å². The van der Waals surface area contributed by atoms with E-state index in [0.29, 0.717) is 5.22 Å². The van der Waals surface area contributed by atoms with Gasteiger partial charge in [0.05, 0.1) is 0 Å². The lowest BCUT2D eigenvalue weighted by molar-refractivity contribution is 0.239. The van der Waals surface area contributed by atoms with E-state index in [2.05, 4.69) is 10.2 Å². The van der Waals surface area contributed by atoms with Crippen molar-refractivity contribution in [3.05, 3.63) is 23.1 Å². The number of hydrogen-bond donors (Lipinski definition) is 1. The zero-order chi connectivity index (χ0) is 9.80. The Morgan fingerprint density at radius 1 is 1.36 bits per heavy atom. The lowest BCUT2D eigenvalue weighted by atomic mass is 10.3. The average molecular weight is 215 g/mol. The van der Waals surface area contributed by atoms with Crippen LogP contribution in [0.25, 0.3) is 0 Å². The summed E-state index contributed by atoms with van der Waals surface area (Å²) in [5.41, 5.74) is 0. The van der Waals surface area contributed by atoms with Crippen molar-refractivity contribution in [1.82, 2.24) is 10.2 Å². The topological polar surface area (TPSA) is 28.4 Å². The Kier molecular flexibility index (Phi) is 3.45. The van der Waals surface area contributed by atoms with Crippen molar-refractivity contribution < 1.29 is 4.42 Å². The molecular weight excluding hydrogens is 200 g/mol.